The fraction of sp³-hybridized carbons (Fsp3) is 0.625. The Labute approximate surface area is 115 Å². The molecular weight excluding hydrogens is 236 g/mol. The van der Waals surface area contributed by atoms with Gasteiger partial charge in [0.15, 0.2) is 0 Å². The van der Waals surface area contributed by atoms with Gasteiger partial charge in [0.25, 0.3) is 0 Å². The van der Waals surface area contributed by atoms with Gasteiger partial charge in [0.05, 0.1) is 11.7 Å². The monoisotopic (exact) mass is 260 g/mol. The first-order chi connectivity index (χ1) is 9.05. The summed E-state index contributed by atoms with van der Waals surface area (Å²) < 4.78 is 6.12. The topological polar surface area (TPSA) is 38.5 Å². The van der Waals surface area contributed by atoms with Crippen LogP contribution >= 0.6 is 0 Å². The zero-order chi connectivity index (χ0) is 13.5. The quantitative estimate of drug-likeness (QED) is 0.831. The summed E-state index contributed by atoms with van der Waals surface area (Å²) in [5.41, 5.74) is 9.74. The first-order valence-corrected chi connectivity index (χ1v) is 7.35. The fourth-order valence-electron chi connectivity index (χ4n) is 3.37. The molecule has 0 radical (unpaired) electrons. The van der Waals surface area contributed by atoms with Crippen LogP contribution in [0, 0.1) is 0 Å². The molecule has 0 bridgehead atoms. The van der Waals surface area contributed by atoms with Crippen LogP contribution in [-0.2, 0) is 11.2 Å². The van der Waals surface area contributed by atoms with Gasteiger partial charge in [0.1, 0.15) is 0 Å². The Kier molecular flexibility index (Phi) is 3.17. The Bertz CT molecular complexity index is 470. The van der Waals surface area contributed by atoms with E-state index < -0.39 is 0 Å². The van der Waals surface area contributed by atoms with Crippen molar-refractivity contribution >= 4 is 11.4 Å². The molecule has 0 saturated carbocycles. The van der Waals surface area contributed by atoms with Gasteiger partial charge in [-0.25, -0.2) is 0 Å². The molecule has 2 N–H and O–H groups in total. The number of ether oxygens (including phenoxy) is 1. The lowest BCUT2D eigenvalue weighted by Gasteiger charge is -2.34. The van der Waals surface area contributed by atoms with Gasteiger partial charge in [0, 0.05) is 24.5 Å². The summed E-state index contributed by atoms with van der Waals surface area (Å²) in [7, 11) is 0. The molecule has 0 spiro atoms. The summed E-state index contributed by atoms with van der Waals surface area (Å²) in [6, 6.07) is 6.27. The predicted molar refractivity (Wildman–Crippen MR) is 79.6 cm³/mol. The number of hydrogen-bond acceptors (Lipinski definition) is 3. The highest BCUT2D eigenvalue weighted by molar-refractivity contribution is 5.66. The number of benzene rings is 1. The van der Waals surface area contributed by atoms with E-state index in [2.05, 4.69) is 30.9 Å². The fourth-order valence-corrected chi connectivity index (χ4v) is 3.37. The second kappa shape index (κ2) is 4.71. The van der Waals surface area contributed by atoms with Gasteiger partial charge in [-0.1, -0.05) is 6.07 Å². The second-order valence-electron chi connectivity index (χ2n) is 6.43. The summed E-state index contributed by atoms with van der Waals surface area (Å²) in [5.74, 6) is 0. The maximum atomic E-state index is 6.12. The summed E-state index contributed by atoms with van der Waals surface area (Å²) >= 11 is 0. The van der Waals surface area contributed by atoms with E-state index in [0.717, 1.165) is 31.6 Å². The highest BCUT2D eigenvalue weighted by Crippen LogP contribution is 2.34. The minimum absolute atomic E-state index is 0.0546. The van der Waals surface area contributed by atoms with Crippen molar-refractivity contribution in [3.8, 4) is 0 Å². The van der Waals surface area contributed by atoms with Gasteiger partial charge >= 0.3 is 0 Å². The molecule has 2 heterocycles. The van der Waals surface area contributed by atoms with E-state index >= 15 is 0 Å². The average molecular weight is 260 g/mol. The molecule has 1 aromatic rings. The van der Waals surface area contributed by atoms with Crippen LogP contribution in [0.5, 0.6) is 0 Å². The van der Waals surface area contributed by atoms with Crippen molar-refractivity contribution in [2.75, 3.05) is 23.7 Å². The second-order valence-corrected chi connectivity index (χ2v) is 6.43. The van der Waals surface area contributed by atoms with Crippen LogP contribution in [0.2, 0.25) is 0 Å². The van der Waals surface area contributed by atoms with E-state index in [0.29, 0.717) is 6.10 Å². The Morgan fingerprint density at radius 1 is 1.42 bits per heavy atom. The molecule has 104 valence electrons. The van der Waals surface area contributed by atoms with Crippen LogP contribution in [0.25, 0.3) is 0 Å². The number of nitrogens with zero attached hydrogens (tertiary/aromatic N) is 1. The molecule has 1 atom stereocenters. The molecule has 19 heavy (non-hydrogen) atoms. The smallest absolute Gasteiger partial charge is 0.0758 e. The first-order valence-electron chi connectivity index (χ1n) is 7.35. The van der Waals surface area contributed by atoms with Gasteiger partial charge in [0.2, 0.25) is 0 Å². The van der Waals surface area contributed by atoms with Crippen molar-refractivity contribution in [2.45, 2.75) is 51.2 Å². The van der Waals surface area contributed by atoms with Crippen molar-refractivity contribution in [1.29, 1.82) is 0 Å². The third-order valence-electron chi connectivity index (χ3n) is 4.36. The standard InChI is InChI=1S/C16H24N2O/c1-16(2)9-8-12(19-16)11-18-10-4-5-13-14(17)6-3-7-15(13)18/h3,6-7,12H,4-5,8-11,17H2,1-2H3. The molecule has 3 rings (SSSR count). The van der Waals surface area contributed by atoms with Crippen molar-refractivity contribution < 1.29 is 4.74 Å². The molecule has 1 saturated heterocycles. The Balaban J connectivity index is 1.76. The van der Waals surface area contributed by atoms with E-state index in [4.69, 9.17) is 10.5 Å². The van der Waals surface area contributed by atoms with Crippen LogP contribution in [0.4, 0.5) is 11.4 Å². The van der Waals surface area contributed by atoms with Gasteiger partial charge in [-0.2, -0.15) is 0 Å². The molecule has 1 unspecified atom stereocenters. The summed E-state index contributed by atoms with van der Waals surface area (Å²) in [6.07, 6.45) is 4.99. The maximum absolute atomic E-state index is 6.12. The minimum Gasteiger partial charge on any atom is -0.398 e. The van der Waals surface area contributed by atoms with Crippen LogP contribution in [0.1, 0.15) is 38.7 Å². The van der Waals surface area contributed by atoms with Gasteiger partial charge in [-0.3, -0.25) is 0 Å². The highest BCUT2D eigenvalue weighted by Gasteiger charge is 2.33. The van der Waals surface area contributed by atoms with E-state index in [9.17, 15) is 0 Å². The third kappa shape index (κ3) is 2.57. The predicted octanol–water partition coefficient (Wildman–Crippen LogP) is 2.98. The minimum atomic E-state index is 0.0546. The van der Waals surface area contributed by atoms with Gasteiger partial charge in [-0.05, 0) is 57.2 Å². The highest BCUT2D eigenvalue weighted by atomic mass is 16.5. The number of nitrogens with two attached hydrogens (primary N) is 1. The van der Waals surface area contributed by atoms with E-state index in [-0.39, 0.29) is 5.60 Å². The van der Waals surface area contributed by atoms with E-state index in [1.807, 2.05) is 6.07 Å². The van der Waals surface area contributed by atoms with Crippen LogP contribution in [0.15, 0.2) is 18.2 Å². The van der Waals surface area contributed by atoms with Crippen LogP contribution in [-0.4, -0.2) is 24.8 Å². The summed E-state index contributed by atoms with van der Waals surface area (Å²) in [6.45, 7) is 6.50. The lowest BCUT2D eigenvalue weighted by Crippen LogP contribution is -2.37. The number of hydrogen-bond donors (Lipinski definition) is 1. The Hall–Kier alpha value is -1.22. The van der Waals surface area contributed by atoms with Gasteiger partial charge in [-0.15, -0.1) is 0 Å². The largest absolute Gasteiger partial charge is 0.398 e. The summed E-state index contributed by atoms with van der Waals surface area (Å²) in [5, 5.41) is 0. The molecule has 3 heteroatoms. The number of nitrogen functional groups attached to an aromatic ring is 1. The molecule has 0 amide bonds. The summed E-state index contributed by atoms with van der Waals surface area (Å²) in [4.78, 5) is 2.46. The van der Waals surface area contributed by atoms with Crippen molar-refractivity contribution in [3.63, 3.8) is 0 Å². The number of rotatable bonds is 2. The molecule has 1 aromatic carbocycles. The van der Waals surface area contributed by atoms with E-state index in [1.165, 1.54) is 24.1 Å². The zero-order valence-electron chi connectivity index (χ0n) is 12.0. The van der Waals surface area contributed by atoms with Crippen molar-refractivity contribution in [2.24, 2.45) is 0 Å². The van der Waals surface area contributed by atoms with Crippen molar-refractivity contribution in [1.82, 2.24) is 0 Å². The molecule has 2 aliphatic rings. The maximum Gasteiger partial charge on any atom is 0.0758 e. The molecule has 0 aromatic heterocycles. The first kappa shape index (κ1) is 12.8. The normalized spacial score (nSPS) is 25.4. The molecule has 3 nitrogen and oxygen atoms in total. The molecule has 1 fully saturated rings. The number of fused-ring (bicyclic) bond motifs is 1. The Morgan fingerprint density at radius 3 is 3.00 bits per heavy atom. The lowest BCUT2D eigenvalue weighted by atomic mass is 9.99. The van der Waals surface area contributed by atoms with E-state index in [1.54, 1.807) is 0 Å². The molecule has 2 aliphatic heterocycles. The third-order valence-corrected chi connectivity index (χ3v) is 4.36. The van der Waals surface area contributed by atoms with Gasteiger partial charge < -0.3 is 15.4 Å². The molecule has 0 aliphatic carbocycles. The van der Waals surface area contributed by atoms with Crippen LogP contribution in [0.3, 0.4) is 0 Å². The SMILES string of the molecule is CC1(C)CCC(CN2CCCc3c(N)cccc32)O1. The van der Waals surface area contributed by atoms with Crippen molar-refractivity contribution in [3.05, 3.63) is 23.8 Å². The van der Waals surface area contributed by atoms with Crippen LogP contribution < -0.4 is 10.6 Å². The number of anilines is 2. The Morgan fingerprint density at radius 2 is 2.26 bits per heavy atom. The lowest BCUT2D eigenvalue weighted by molar-refractivity contribution is -0.0116. The average Bonchev–Trinajstić information content (AvgIpc) is 2.70. The zero-order valence-corrected chi connectivity index (χ0v) is 12.0. The molecular formula is C16H24N2O.